The van der Waals surface area contributed by atoms with Crippen LogP contribution in [0.3, 0.4) is 0 Å². The highest BCUT2D eigenvalue weighted by Crippen LogP contribution is 2.29. The van der Waals surface area contributed by atoms with Crippen LogP contribution in [0.15, 0.2) is 30.9 Å². The lowest BCUT2D eigenvalue weighted by Crippen LogP contribution is -2.62. The van der Waals surface area contributed by atoms with Crippen LogP contribution in [0.2, 0.25) is 0 Å². The summed E-state index contributed by atoms with van der Waals surface area (Å²) in [5.74, 6) is 0.247. The third kappa shape index (κ3) is 5.58. The molecule has 11 heteroatoms. The summed E-state index contributed by atoms with van der Waals surface area (Å²) < 4.78 is 38.3. The molecule has 2 atom stereocenters. The van der Waals surface area contributed by atoms with Crippen LogP contribution in [0.25, 0.3) is 0 Å². The van der Waals surface area contributed by atoms with E-state index in [-0.39, 0.29) is 30.1 Å². The molecule has 2 aliphatic heterocycles. The molecular formula is C22H30F3N7O. The standard InChI is InChI=1S/C22H30F3N7O/c1-15-12-31(20-27-10-18(11-28-20)22(23,24)25)13-16(2)32(15)21(33)29-19-4-7-30(8-5-19)14-17-3-6-26-9-17/h3,6,9-11,15-16,19,26H,4-5,7-8,12-14H2,1-2H3,(H,29,33)/t15-,16+. The SMILES string of the molecule is C[C@@H]1CN(c2ncc(C(F)(F)F)cn2)C[C@H](C)N1C(=O)NC1CCN(Cc2cc[nH]c2)CC1. The van der Waals surface area contributed by atoms with Gasteiger partial charge in [-0.15, -0.1) is 0 Å². The molecule has 8 nitrogen and oxygen atoms in total. The van der Waals surface area contributed by atoms with Crippen LogP contribution < -0.4 is 10.2 Å². The zero-order valence-corrected chi connectivity index (χ0v) is 18.8. The Bertz CT molecular complexity index is 899. The normalized spacial score (nSPS) is 23.1. The van der Waals surface area contributed by atoms with Gasteiger partial charge in [-0.2, -0.15) is 13.2 Å². The maximum absolute atomic E-state index is 13.0. The lowest BCUT2D eigenvalue weighted by atomic mass is 10.0. The molecule has 4 rings (SSSR count). The number of H-pyrrole nitrogens is 1. The van der Waals surface area contributed by atoms with Crippen LogP contribution in [0.5, 0.6) is 0 Å². The summed E-state index contributed by atoms with van der Waals surface area (Å²) in [4.78, 5) is 30.0. The van der Waals surface area contributed by atoms with Crippen molar-refractivity contribution < 1.29 is 18.0 Å². The van der Waals surface area contributed by atoms with Gasteiger partial charge in [-0.05, 0) is 38.3 Å². The molecule has 0 saturated carbocycles. The number of likely N-dealkylation sites (tertiary alicyclic amines) is 1. The van der Waals surface area contributed by atoms with E-state index in [0.717, 1.165) is 44.9 Å². The maximum atomic E-state index is 13.0. The maximum Gasteiger partial charge on any atom is 0.419 e. The van der Waals surface area contributed by atoms with Crippen molar-refractivity contribution in [2.24, 2.45) is 0 Å². The molecule has 2 aromatic heterocycles. The smallest absolute Gasteiger partial charge is 0.367 e. The molecule has 0 bridgehead atoms. The summed E-state index contributed by atoms with van der Waals surface area (Å²) in [5, 5.41) is 3.19. The van der Waals surface area contributed by atoms with Crippen molar-refractivity contribution in [2.75, 3.05) is 31.1 Å². The van der Waals surface area contributed by atoms with E-state index in [1.54, 1.807) is 0 Å². The molecule has 2 amide bonds. The number of hydrogen-bond donors (Lipinski definition) is 2. The number of carbonyl (C=O) groups is 1. The van der Waals surface area contributed by atoms with Crippen molar-refractivity contribution in [1.82, 2.24) is 30.1 Å². The Hall–Kier alpha value is -2.82. The van der Waals surface area contributed by atoms with E-state index in [9.17, 15) is 18.0 Å². The van der Waals surface area contributed by atoms with Gasteiger partial charge in [-0.25, -0.2) is 14.8 Å². The van der Waals surface area contributed by atoms with Crippen LogP contribution in [0.4, 0.5) is 23.9 Å². The minimum Gasteiger partial charge on any atom is -0.367 e. The Kier molecular flexibility index (Phi) is 6.78. The first kappa shape index (κ1) is 23.3. The molecule has 0 spiro atoms. The molecule has 0 aromatic carbocycles. The molecule has 0 radical (unpaired) electrons. The topological polar surface area (TPSA) is 80.4 Å². The van der Waals surface area contributed by atoms with Crippen LogP contribution in [-0.4, -0.2) is 75.1 Å². The van der Waals surface area contributed by atoms with E-state index in [0.29, 0.717) is 13.1 Å². The monoisotopic (exact) mass is 465 g/mol. The van der Waals surface area contributed by atoms with Gasteiger partial charge in [-0.1, -0.05) is 0 Å². The summed E-state index contributed by atoms with van der Waals surface area (Å²) >= 11 is 0. The molecule has 2 aliphatic rings. The van der Waals surface area contributed by atoms with Crippen molar-refractivity contribution in [1.29, 1.82) is 0 Å². The fourth-order valence-electron chi connectivity index (χ4n) is 4.72. The molecular weight excluding hydrogens is 435 g/mol. The summed E-state index contributed by atoms with van der Waals surface area (Å²) in [7, 11) is 0. The number of anilines is 1. The first-order valence-electron chi connectivity index (χ1n) is 11.3. The van der Waals surface area contributed by atoms with Crippen LogP contribution in [-0.2, 0) is 12.7 Å². The van der Waals surface area contributed by atoms with Crippen molar-refractivity contribution in [3.05, 3.63) is 42.0 Å². The van der Waals surface area contributed by atoms with E-state index in [1.807, 2.05) is 36.0 Å². The van der Waals surface area contributed by atoms with Crippen molar-refractivity contribution in [2.45, 2.75) is 57.5 Å². The molecule has 180 valence electrons. The predicted molar refractivity (Wildman–Crippen MR) is 118 cm³/mol. The molecule has 4 heterocycles. The zero-order chi connectivity index (χ0) is 23.6. The van der Waals surface area contributed by atoms with Crippen LogP contribution >= 0.6 is 0 Å². The number of rotatable bonds is 4. The Balaban J connectivity index is 1.29. The number of nitrogens with one attached hydrogen (secondary N) is 2. The fourth-order valence-corrected chi connectivity index (χ4v) is 4.72. The number of piperidine rings is 1. The van der Waals surface area contributed by atoms with Crippen molar-refractivity contribution in [3.8, 4) is 0 Å². The highest BCUT2D eigenvalue weighted by Gasteiger charge is 2.36. The first-order valence-corrected chi connectivity index (χ1v) is 11.3. The van der Waals surface area contributed by atoms with Gasteiger partial charge in [0.25, 0.3) is 0 Å². The number of amides is 2. The number of halogens is 3. The molecule has 0 aliphatic carbocycles. The second kappa shape index (κ2) is 9.58. The van der Waals surface area contributed by atoms with Gasteiger partial charge in [0, 0.05) is 75.6 Å². The van der Waals surface area contributed by atoms with Crippen molar-refractivity contribution >= 4 is 12.0 Å². The van der Waals surface area contributed by atoms with Gasteiger partial charge in [0.2, 0.25) is 5.95 Å². The van der Waals surface area contributed by atoms with Gasteiger partial charge in [0.05, 0.1) is 5.56 Å². The van der Waals surface area contributed by atoms with Gasteiger partial charge in [0.15, 0.2) is 0 Å². The number of aromatic amines is 1. The average molecular weight is 466 g/mol. The van der Waals surface area contributed by atoms with Crippen LogP contribution in [0.1, 0.15) is 37.8 Å². The first-order chi connectivity index (χ1) is 15.7. The lowest BCUT2D eigenvalue weighted by Gasteiger charge is -2.45. The average Bonchev–Trinajstić information content (AvgIpc) is 3.27. The lowest BCUT2D eigenvalue weighted by molar-refractivity contribution is -0.138. The molecule has 33 heavy (non-hydrogen) atoms. The van der Waals surface area contributed by atoms with Crippen LogP contribution in [0, 0.1) is 0 Å². The number of nitrogens with zero attached hydrogens (tertiary/aromatic N) is 5. The van der Waals surface area contributed by atoms with E-state index in [2.05, 4.69) is 31.2 Å². The number of urea groups is 1. The summed E-state index contributed by atoms with van der Waals surface area (Å²) in [6.07, 6.45) is 2.88. The van der Waals surface area contributed by atoms with Crippen molar-refractivity contribution in [3.63, 3.8) is 0 Å². The van der Waals surface area contributed by atoms with E-state index >= 15 is 0 Å². The van der Waals surface area contributed by atoms with Gasteiger partial charge in [0.1, 0.15) is 0 Å². The highest BCUT2D eigenvalue weighted by molar-refractivity contribution is 5.75. The number of alkyl halides is 3. The number of piperazine rings is 1. The third-order valence-corrected chi connectivity index (χ3v) is 6.39. The largest absolute Gasteiger partial charge is 0.419 e. The molecule has 2 fully saturated rings. The van der Waals surface area contributed by atoms with Gasteiger partial charge < -0.3 is 20.1 Å². The molecule has 2 aromatic rings. The summed E-state index contributed by atoms with van der Waals surface area (Å²) in [6, 6.07) is 1.86. The number of carbonyl (C=O) groups excluding carboxylic acids is 1. The van der Waals surface area contributed by atoms with Gasteiger partial charge >= 0.3 is 12.2 Å². The van der Waals surface area contributed by atoms with E-state index in [1.165, 1.54) is 5.56 Å². The predicted octanol–water partition coefficient (Wildman–Crippen LogP) is 3.10. The Labute approximate surface area is 191 Å². The summed E-state index contributed by atoms with van der Waals surface area (Å²) in [5.41, 5.74) is 0.388. The highest BCUT2D eigenvalue weighted by atomic mass is 19.4. The molecule has 2 saturated heterocycles. The third-order valence-electron chi connectivity index (χ3n) is 6.39. The number of aromatic nitrogens is 3. The zero-order valence-electron chi connectivity index (χ0n) is 18.8. The molecule has 0 unspecified atom stereocenters. The Morgan fingerprint density at radius 3 is 2.33 bits per heavy atom. The summed E-state index contributed by atoms with van der Waals surface area (Å²) in [6.45, 7) is 7.56. The Morgan fingerprint density at radius 1 is 1.15 bits per heavy atom. The minimum absolute atomic E-state index is 0.0907. The second-order valence-corrected chi connectivity index (χ2v) is 9.00. The van der Waals surface area contributed by atoms with E-state index < -0.39 is 11.7 Å². The van der Waals surface area contributed by atoms with E-state index in [4.69, 9.17) is 0 Å². The molecule has 2 N–H and O–H groups in total. The number of hydrogen-bond acceptors (Lipinski definition) is 5. The fraction of sp³-hybridized carbons (Fsp3) is 0.591. The van der Waals surface area contributed by atoms with Gasteiger partial charge in [-0.3, -0.25) is 4.90 Å². The minimum atomic E-state index is -4.46. The quantitative estimate of drug-likeness (QED) is 0.726. The second-order valence-electron chi connectivity index (χ2n) is 9.00. The Morgan fingerprint density at radius 2 is 1.79 bits per heavy atom.